The highest BCUT2D eigenvalue weighted by molar-refractivity contribution is 7.89. The first kappa shape index (κ1) is 15.9. The summed E-state index contributed by atoms with van der Waals surface area (Å²) in [5.41, 5.74) is -0.0979. The van der Waals surface area contributed by atoms with Crippen LogP contribution in [0, 0.1) is 5.92 Å². The van der Waals surface area contributed by atoms with E-state index in [9.17, 15) is 13.2 Å². The third-order valence-corrected chi connectivity index (χ3v) is 4.91. The Morgan fingerprint density at radius 1 is 1.67 bits per heavy atom. The molecule has 21 heavy (non-hydrogen) atoms. The van der Waals surface area contributed by atoms with Gasteiger partial charge in [-0.1, -0.05) is 0 Å². The molecule has 1 fully saturated rings. The number of carbonyl (C=O) groups excluding carboxylic acids is 1. The van der Waals surface area contributed by atoms with Gasteiger partial charge in [0.2, 0.25) is 0 Å². The lowest BCUT2D eigenvalue weighted by atomic mass is 10.0. The van der Waals surface area contributed by atoms with Crippen molar-refractivity contribution in [1.29, 1.82) is 0 Å². The Morgan fingerprint density at radius 2 is 2.43 bits per heavy atom. The zero-order valence-corrected chi connectivity index (χ0v) is 12.8. The molecule has 0 saturated carbocycles. The van der Waals surface area contributed by atoms with E-state index in [1.807, 2.05) is 0 Å². The fourth-order valence-electron chi connectivity index (χ4n) is 2.18. The molecule has 1 aromatic heterocycles. The average Bonchev–Trinajstić information content (AvgIpc) is 3.10. The highest BCUT2D eigenvalue weighted by Crippen LogP contribution is 2.19. The molecule has 118 valence electrons. The summed E-state index contributed by atoms with van der Waals surface area (Å²) in [5, 5.41) is 5.70. The fourth-order valence-corrected chi connectivity index (χ4v) is 3.58. The first-order chi connectivity index (χ1) is 9.95. The summed E-state index contributed by atoms with van der Waals surface area (Å²) in [4.78, 5) is 11.7. The van der Waals surface area contributed by atoms with Crippen LogP contribution >= 0.6 is 0 Å². The van der Waals surface area contributed by atoms with Crippen LogP contribution in [0.25, 0.3) is 0 Å². The Balaban J connectivity index is 2.16. The van der Waals surface area contributed by atoms with Gasteiger partial charge in [-0.2, -0.15) is 5.10 Å². The fraction of sp³-hybridized carbons (Fsp3) is 0.667. The molecule has 2 atom stereocenters. The van der Waals surface area contributed by atoms with Crippen molar-refractivity contribution in [3.8, 4) is 0 Å². The van der Waals surface area contributed by atoms with Gasteiger partial charge in [-0.15, -0.1) is 0 Å². The van der Waals surface area contributed by atoms with Crippen molar-refractivity contribution in [3.63, 3.8) is 0 Å². The minimum atomic E-state index is -3.87. The molecule has 0 amide bonds. The molecule has 1 saturated heterocycles. The molecule has 1 aliphatic heterocycles. The van der Waals surface area contributed by atoms with E-state index in [0.717, 1.165) is 12.6 Å². The summed E-state index contributed by atoms with van der Waals surface area (Å²) >= 11 is 0. The monoisotopic (exact) mass is 317 g/mol. The Labute approximate surface area is 123 Å². The third-order valence-electron chi connectivity index (χ3n) is 3.38. The molecule has 0 aromatic carbocycles. The third kappa shape index (κ3) is 3.60. The maximum atomic E-state index is 12.4. The first-order valence-corrected chi connectivity index (χ1v) is 8.24. The molecule has 2 N–H and O–H groups in total. The lowest BCUT2D eigenvalue weighted by molar-refractivity contribution is 0.0521. The number of esters is 1. The van der Waals surface area contributed by atoms with Gasteiger partial charge in [-0.3, -0.25) is 5.10 Å². The molecule has 8 nitrogen and oxygen atoms in total. The smallest absolute Gasteiger partial charge is 0.342 e. The minimum Gasteiger partial charge on any atom is -0.462 e. The number of sulfonamides is 1. The zero-order chi connectivity index (χ0) is 15.5. The predicted molar refractivity (Wildman–Crippen MR) is 73.3 cm³/mol. The number of nitrogens with one attached hydrogen (secondary N) is 2. The molecule has 2 heterocycles. The van der Waals surface area contributed by atoms with E-state index in [2.05, 4.69) is 14.9 Å². The van der Waals surface area contributed by atoms with E-state index in [4.69, 9.17) is 9.47 Å². The number of nitrogens with zero attached hydrogens (tertiary/aromatic N) is 1. The van der Waals surface area contributed by atoms with Gasteiger partial charge in [0.1, 0.15) is 5.56 Å². The van der Waals surface area contributed by atoms with Crippen LogP contribution in [0.3, 0.4) is 0 Å². The molecule has 2 unspecified atom stereocenters. The van der Waals surface area contributed by atoms with E-state index >= 15 is 0 Å². The standard InChI is InChI=1S/C12H19N3O5S/c1-3-20-12(16)10-6-13-14-11(10)21(17,18)15-8(2)9-4-5-19-7-9/h6,8-9,15H,3-5,7H2,1-2H3,(H,13,14). The van der Waals surface area contributed by atoms with Gasteiger partial charge >= 0.3 is 5.97 Å². The van der Waals surface area contributed by atoms with Gasteiger partial charge in [0.05, 0.1) is 19.4 Å². The van der Waals surface area contributed by atoms with Gasteiger partial charge in [-0.05, 0) is 20.3 Å². The van der Waals surface area contributed by atoms with Gasteiger partial charge < -0.3 is 9.47 Å². The second-order valence-electron chi connectivity index (χ2n) is 4.87. The molecule has 0 bridgehead atoms. The number of ether oxygens (including phenoxy) is 2. The van der Waals surface area contributed by atoms with Crippen LogP contribution in [-0.2, 0) is 19.5 Å². The molecule has 0 aliphatic carbocycles. The molecule has 1 aliphatic rings. The van der Waals surface area contributed by atoms with Crippen LogP contribution in [0.1, 0.15) is 30.6 Å². The largest absolute Gasteiger partial charge is 0.462 e. The summed E-state index contributed by atoms with van der Waals surface area (Å²) in [6, 6.07) is -0.296. The number of rotatable bonds is 6. The minimum absolute atomic E-state index is 0.0979. The topological polar surface area (TPSA) is 110 Å². The lowest BCUT2D eigenvalue weighted by Gasteiger charge is -2.18. The van der Waals surface area contributed by atoms with E-state index in [0.29, 0.717) is 13.2 Å². The summed E-state index contributed by atoms with van der Waals surface area (Å²) in [5.74, 6) is -0.600. The highest BCUT2D eigenvalue weighted by atomic mass is 32.2. The van der Waals surface area contributed by atoms with Crippen LogP contribution in [0.2, 0.25) is 0 Å². The second kappa shape index (κ2) is 6.54. The van der Waals surface area contributed by atoms with Crippen LogP contribution in [0.5, 0.6) is 0 Å². The molecular formula is C12H19N3O5S. The van der Waals surface area contributed by atoms with Crippen molar-refractivity contribution in [2.24, 2.45) is 5.92 Å². The van der Waals surface area contributed by atoms with E-state index < -0.39 is 16.0 Å². The van der Waals surface area contributed by atoms with Crippen molar-refractivity contribution in [2.75, 3.05) is 19.8 Å². The maximum Gasteiger partial charge on any atom is 0.342 e. The number of aromatic nitrogens is 2. The summed E-state index contributed by atoms with van der Waals surface area (Å²) in [7, 11) is -3.87. The quantitative estimate of drug-likeness (QED) is 0.730. The van der Waals surface area contributed by atoms with Crippen LogP contribution < -0.4 is 4.72 Å². The Kier molecular flexibility index (Phi) is 4.96. The number of carbonyl (C=O) groups is 1. The van der Waals surface area contributed by atoms with Gasteiger partial charge in [0, 0.05) is 18.6 Å². The second-order valence-corrected chi connectivity index (χ2v) is 6.52. The van der Waals surface area contributed by atoms with Crippen molar-refractivity contribution in [2.45, 2.75) is 31.3 Å². The van der Waals surface area contributed by atoms with Gasteiger partial charge in [0.25, 0.3) is 10.0 Å². The molecular weight excluding hydrogens is 298 g/mol. The Hall–Kier alpha value is -1.45. The number of aromatic amines is 1. The van der Waals surface area contributed by atoms with Crippen molar-refractivity contribution in [3.05, 3.63) is 11.8 Å². The summed E-state index contributed by atoms with van der Waals surface area (Å²) in [6.07, 6.45) is 1.95. The summed E-state index contributed by atoms with van der Waals surface area (Å²) < 4.78 is 37.3. The van der Waals surface area contributed by atoms with Crippen molar-refractivity contribution < 1.29 is 22.7 Å². The first-order valence-electron chi connectivity index (χ1n) is 6.76. The van der Waals surface area contributed by atoms with E-state index in [1.165, 1.54) is 0 Å². The van der Waals surface area contributed by atoms with Crippen LogP contribution in [-0.4, -0.2) is 50.4 Å². The molecule has 1 aromatic rings. The SMILES string of the molecule is CCOC(=O)c1cn[nH]c1S(=O)(=O)NC(C)C1CCOC1. The normalized spacial score (nSPS) is 20.4. The molecule has 9 heteroatoms. The molecule has 0 radical (unpaired) electrons. The molecule has 0 spiro atoms. The van der Waals surface area contributed by atoms with E-state index in [1.54, 1.807) is 13.8 Å². The van der Waals surface area contributed by atoms with Crippen LogP contribution in [0.15, 0.2) is 11.2 Å². The van der Waals surface area contributed by atoms with Crippen LogP contribution in [0.4, 0.5) is 0 Å². The maximum absolute atomic E-state index is 12.4. The Morgan fingerprint density at radius 3 is 3.05 bits per heavy atom. The average molecular weight is 317 g/mol. The van der Waals surface area contributed by atoms with Gasteiger partial charge in [0.15, 0.2) is 5.03 Å². The zero-order valence-electron chi connectivity index (χ0n) is 12.0. The number of H-pyrrole nitrogens is 1. The lowest BCUT2D eigenvalue weighted by Crippen LogP contribution is -2.39. The van der Waals surface area contributed by atoms with Crippen molar-refractivity contribution in [1.82, 2.24) is 14.9 Å². The van der Waals surface area contributed by atoms with E-state index in [-0.39, 0.29) is 29.2 Å². The Bertz CT molecular complexity index is 592. The summed E-state index contributed by atoms with van der Waals surface area (Å²) in [6.45, 7) is 4.74. The van der Waals surface area contributed by atoms with Crippen molar-refractivity contribution >= 4 is 16.0 Å². The number of hydrogen-bond donors (Lipinski definition) is 2. The highest BCUT2D eigenvalue weighted by Gasteiger charge is 2.30. The number of hydrogen-bond acceptors (Lipinski definition) is 6. The molecule has 2 rings (SSSR count). The van der Waals surface area contributed by atoms with Gasteiger partial charge in [-0.25, -0.2) is 17.9 Å². The predicted octanol–water partition coefficient (Wildman–Crippen LogP) is 0.290.